The zero-order valence-corrected chi connectivity index (χ0v) is 15.1. The van der Waals surface area contributed by atoms with Gasteiger partial charge in [0.25, 0.3) is 10.0 Å². The van der Waals surface area contributed by atoms with Crippen molar-refractivity contribution in [2.24, 2.45) is 4.40 Å². The van der Waals surface area contributed by atoms with Crippen molar-refractivity contribution >= 4 is 27.2 Å². The highest BCUT2D eigenvalue weighted by Crippen LogP contribution is 2.15. The molecule has 2 rings (SSSR count). The lowest BCUT2D eigenvalue weighted by Crippen LogP contribution is -2.19. The van der Waals surface area contributed by atoms with E-state index in [0.29, 0.717) is 5.56 Å². The van der Waals surface area contributed by atoms with Crippen molar-refractivity contribution in [3.05, 3.63) is 47.8 Å². The van der Waals surface area contributed by atoms with Crippen LogP contribution in [-0.2, 0) is 21.0 Å². The standard InChI is InChI=1S/C15H19N3O3S2/c1-12-5-7-14(8-6-12)23(20,21)18-11-13(9-16-18)10-17-22(19)15(2,3)4/h5-11H,1-4H3. The molecule has 6 nitrogen and oxygen atoms in total. The third-order valence-electron chi connectivity index (χ3n) is 2.97. The Morgan fingerprint density at radius 2 is 1.83 bits per heavy atom. The van der Waals surface area contributed by atoms with E-state index in [4.69, 9.17) is 0 Å². The molecule has 8 heteroatoms. The SMILES string of the molecule is Cc1ccc(S(=O)(=O)n2cc(C=NS(=O)C(C)(C)C)cn2)cc1. The Hall–Kier alpha value is -1.80. The van der Waals surface area contributed by atoms with E-state index in [0.717, 1.165) is 9.65 Å². The second-order valence-electron chi connectivity index (χ2n) is 6.06. The highest BCUT2D eigenvalue weighted by atomic mass is 32.2. The second-order valence-corrected chi connectivity index (χ2v) is 9.79. The lowest BCUT2D eigenvalue weighted by atomic mass is 10.2. The van der Waals surface area contributed by atoms with E-state index in [2.05, 4.69) is 9.50 Å². The summed E-state index contributed by atoms with van der Waals surface area (Å²) in [5, 5.41) is 3.87. The third kappa shape index (κ3) is 4.14. The molecule has 124 valence electrons. The van der Waals surface area contributed by atoms with E-state index in [-0.39, 0.29) is 4.90 Å². The van der Waals surface area contributed by atoms with Crippen LogP contribution in [0, 0.1) is 6.92 Å². The second kappa shape index (κ2) is 6.37. The fourth-order valence-corrected chi connectivity index (χ4v) is 3.26. The van der Waals surface area contributed by atoms with Crippen LogP contribution in [0.25, 0.3) is 0 Å². The maximum absolute atomic E-state index is 12.5. The fraction of sp³-hybridized carbons (Fsp3) is 0.333. The van der Waals surface area contributed by atoms with Crippen LogP contribution in [0.15, 0.2) is 46.0 Å². The van der Waals surface area contributed by atoms with Crippen LogP contribution < -0.4 is 0 Å². The van der Waals surface area contributed by atoms with Crippen molar-refractivity contribution in [2.75, 3.05) is 0 Å². The van der Waals surface area contributed by atoms with Gasteiger partial charge in [-0.15, -0.1) is 0 Å². The summed E-state index contributed by atoms with van der Waals surface area (Å²) < 4.78 is 41.1. The summed E-state index contributed by atoms with van der Waals surface area (Å²) in [6, 6.07) is 6.53. The number of benzene rings is 1. The largest absolute Gasteiger partial charge is 0.282 e. The van der Waals surface area contributed by atoms with Gasteiger partial charge in [-0.3, -0.25) is 0 Å². The smallest absolute Gasteiger partial charge is 0.234 e. The molecular weight excluding hydrogens is 334 g/mol. The van der Waals surface area contributed by atoms with Gasteiger partial charge in [0.15, 0.2) is 0 Å². The minimum Gasteiger partial charge on any atom is -0.234 e. The van der Waals surface area contributed by atoms with Crippen molar-refractivity contribution in [3.63, 3.8) is 0 Å². The molecule has 0 bridgehead atoms. The molecule has 1 atom stereocenters. The first-order valence-corrected chi connectivity index (χ1v) is 9.48. The summed E-state index contributed by atoms with van der Waals surface area (Å²) in [6.45, 7) is 7.32. The van der Waals surface area contributed by atoms with Gasteiger partial charge in [0.2, 0.25) is 0 Å². The van der Waals surface area contributed by atoms with E-state index in [1.54, 1.807) is 12.1 Å². The third-order valence-corrected chi connectivity index (χ3v) is 5.87. The van der Waals surface area contributed by atoms with E-state index in [1.807, 2.05) is 27.7 Å². The van der Waals surface area contributed by atoms with Crippen molar-refractivity contribution < 1.29 is 12.6 Å². The first kappa shape index (κ1) is 17.6. The van der Waals surface area contributed by atoms with E-state index in [9.17, 15) is 12.6 Å². The average Bonchev–Trinajstić information content (AvgIpc) is 2.93. The Labute approximate surface area is 138 Å². The number of aryl methyl sites for hydroxylation is 1. The molecule has 0 saturated heterocycles. The quantitative estimate of drug-likeness (QED) is 0.790. The molecule has 0 saturated carbocycles. The number of aromatic nitrogens is 2. The Morgan fingerprint density at radius 3 is 2.39 bits per heavy atom. The minimum atomic E-state index is -3.73. The summed E-state index contributed by atoms with van der Waals surface area (Å²) in [7, 11) is -5.14. The minimum absolute atomic E-state index is 0.160. The summed E-state index contributed by atoms with van der Waals surface area (Å²) in [4.78, 5) is 0.160. The normalized spacial score (nSPS) is 14.3. The molecule has 23 heavy (non-hydrogen) atoms. The highest BCUT2D eigenvalue weighted by Gasteiger charge is 2.19. The van der Waals surface area contributed by atoms with Crippen molar-refractivity contribution in [1.82, 2.24) is 9.19 Å². The molecule has 1 aromatic heterocycles. The molecule has 0 aliphatic rings. The Kier molecular flexibility index (Phi) is 4.86. The van der Waals surface area contributed by atoms with Crippen LogP contribution >= 0.6 is 0 Å². The van der Waals surface area contributed by atoms with E-state index in [1.165, 1.54) is 30.7 Å². The highest BCUT2D eigenvalue weighted by molar-refractivity contribution is 7.89. The van der Waals surface area contributed by atoms with Crippen molar-refractivity contribution in [3.8, 4) is 0 Å². The molecule has 1 aromatic carbocycles. The molecule has 1 heterocycles. The van der Waals surface area contributed by atoms with Crippen LogP contribution in [0.4, 0.5) is 0 Å². The summed E-state index contributed by atoms with van der Waals surface area (Å²) >= 11 is 0. The molecule has 0 radical (unpaired) electrons. The number of hydrogen-bond acceptors (Lipinski definition) is 4. The summed E-state index contributed by atoms with van der Waals surface area (Å²) in [5.41, 5.74) is 1.44. The van der Waals surface area contributed by atoms with Crippen LogP contribution in [0.3, 0.4) is 0 Å². The van der Waals surface area contributed by atoms with Gasteiger partial charge < -0.3 is 0 Å². The van der Waals surface area contributed by atoms with Gasteiger partial charge in [0.1, 0.15) is 11.0 Å². The zero-order chi connectivity index (χ0) is 17.3. The molecular formula is C15H19N3O3S2. The maximum atomic E-state index is 12.5. The van der Waals surface area contributed by atoms with E-state index >= 15 is 0 Å². The van der Waals surface area contributed by atoms with Crippen LogP contribution in [0.2, 0.25) is 0 Å². The average molecular weight is 353 g/mol. The van der Waals surface area contributed by atoms with Gasteiger partial charge in [0.05, 0.1) is 22.0 Å². The number of nitrogens with zero attached hydrogens (tertiary/aromatic N) is 3. The Bertz CT molecular complexity index is 845. The Morgan fingerprint density at radius 1 is 1.22 bits per heavy atom. The van der Waals surface area contributed by atoms with Gasteiger partial charge in [-0.2, -0.15) is 22.0 Å². The summed E-state index contributed by atoms with van der Waals surface area (Å²) in [5.74, 6) is 0. The van der Waals surface area contributed by atoms with Crippen LogP contribution in [0.5, 0.6) is 0 Å². The fourth-order valence-electron chi connectivity index (χ4n) is 1.60. The molecule has 0 fully saturated rings. The van der Waals surface area contributed by atoms with Gasteiger partial charge in [-0.25, -0.2) is 4.21 Å². The Balaban J connectivity index is 2.27. The summed E-state index contributed by atoms with van der Waals surface area (Å²) in [6.07, 6.45) is 4.09. The van der Waals surface area contributed by atoms with Crippen LogP contribution in [0.1, 0.15) is 31.9 Å². The molecule has 0 aliphatic heterocycles. The van der Waals surface area contributed by atoms with Gasteiger partial charge in [-0.05, 0) is 39.8 Å². The van der Waals surface area contributed by atoms with Gasteiger partial charge in [-0.1, -0.05) is 17.7 Å². The molecule has 0 spiro atoms. The first-order chi connectivity index (χ1) is 10.6. The van der Waals surface area contributed by atoms with Gasteiger partial charge in [0, 0.05) is 11.8 Å². The predicted octanol–water partition coefficient (Wildman–Crippen LogP) is 2.31. The van der Waals surface area contributed by atoms with E-state index < -0.39 is 25.8 Å². The molecule has 0 N–H and O–H groups in total. The lowest BCUT2D eigenvalue weighted by Gasteiger charge is -2.12. The molecule has 0 aliphatic carbocycles. The first-order valence-electron chi connectivity index (χ1n) is 6.94. The number of hydrogen-bond donors (Lipinski definition) is 0. The molecule has 2 aromatic rings. The van der Waals surface area contributed by atoms with Gasteiger partial charge >= 0.3 is 0 Å². The molecule has 1 unspecified atom stereocenters. The lowest BCUT2D eigenvalue weighted by molar-refractivity contribution is 0.580. The van der Waals surface area contributed by atoms with Crippen molar-refractivity contribution in [2.45, 2.75) is 37.3 Å². The maximum Gasteiger partial charge on any atom is 0.282 e. The number of rotatable bonds is 4. The molecule has 0 amide bonds. The predicted molar refractivity (Wildman–Crippen MR) is 91.5 cm³/mol. The topological polar surface area (TPSA) is 81.4 Å². The monoisotopic (exact) mass is 353 g/mol. The zero-order valence-electron chi connectivity index (χ0n) is 13.4. The van der Waals surface area contributed by atoms with Crippen molar-refractivity contribution in [1.29, 1.82) is 0 Å². The van der Waals surface area contributed by atoms with Crippen LogP contribution in [-0.4, -0.2) is 32.8 Å².